The number of rotatable bonds is 4. The fourth-order valence-electron chi connectivity index (χ4n) is 2.94. The van der Waals surface area contributed by atoms with Crippen molar-refractivity contribution in [2.75, 3.05) is 11.7 Å². The zero-order valence-electron chi connectivity index (χ0n) is 13.2. The summed E-state index contributed by atoms with van der Waals surface area (Å²) in [6.07, 6.45) is 0.131. The fraction of sp³-hybridized carbons (Fsp3) is 0.222. The monoisotopic (exact) mass is 358 g/mol. The van der Waals surface area contributed by atoms with Gasteiger partial charge in [0.15, 0.2) is 11.5 Å². The predicted molar refractivity (Wildman–Crippen MR) is 91.8 cm³/mol. The van der Waals surface area contributed by atoms with Crippen LogP contribution in [0.25, 0.3) is 0 Å². The number of benzene rings is 2. The Morgan fingerprint density at radius 1 is 1.08 bits per heavy atom. The highest BCUT2D eigenvalue weighted by atomic mass is 35.5. The number of nitrogens with zero attached hydrogens (tertiary/aromatic N) is 1. The summed E-state index contributed by atoms with van der Waals surface area (Å²) in [5.74, 6) is 0.921. The molecule has 2 aliphatic rings. The van der Waals surface area contributed by atoms with E-state index in [-0.39, 0.29) is 25.0 Å². The van der Waals surface area contributed by atoms with Crippen molar-refractivity contribution in [3.05, 3.63) is 53.1 Å². The minimum atomic E-state index is -0.548. The van der Waals surface area contributed by atoms with Crippen molar-refractivity contribution in [2.24, 2.45) is 0 Å². The average molecular weight is 359 g/mol. The largest absolute Gasteiger partial charge is 0.454 e. The number of hydrogen-bond donors (Lipinski definition) is 1. The van der Waals surface area contributed by atoms with E-state index in [1.165, 1.54) is 4.90 Å². The maximum atomic E-state index is 12.6. The average Bonchev–Trinajstić information content (AvgIpc) is 3.18. The van der Waals surface area contributed by atoms with Crippen molar-refractivity contribution in [2.45, 2.75) is 19.0 Å². The normalized spacial score (nSPS) is 18.9. The summed E-state index contributed by atoms with van der Waals surface area (Å²) in [4.78, 5) is 26.0. The first-order valence-electron chi connectivity index (χ1n) is 7.86. The fourth-order valence-corrected chi connectivity index (χ4v) is 3.07. The summed E-state index contributed by atoms with van der Waals surface area (Å²) in [5, 5.41) is 3.70. The first-order valence-corrected chi connectivity index (χ1v) is 8.24. The lowest BCUT2D eigenvalue weighted by molar-refractivity contribution is -0.121. The Hall–Kier alpha value is -2.57. The van der Waals surface area contributed by atoms with Crippen molar-refractivity contribution >= 4 is 29.1 Å². The van der Waals surface area contributed by atoms with Gasteiger partial charge in [0.25, 0.3) is 5.91 Å². The molecule has 1 saturated heterocycles. The molecule has 0 radical (unpaired) electrons. The lowest BCUT2D eigenvalue weighted by atomic mass is 10.1. The second kappa shape index (κ2) is 6.38. The van der Waals surface area contributed by atoms with E-state index in [1.807, 2.05) is 18.2 Å². The van der Waals surface area contributed by atoms with Crippen LogP contribution in [-0.4, -0.2) is 24.6 Å². The Balaban J connectivity index is 1.44. The first kappa shape index (κ1) is 15.9. The number of carbonyl (C=O) groups excluding carboxylic acids is 2. The van der Waals surface area contributed by atoms with Gasteiger partial charge in [-0.2, -0.15) is 0 Å². The zero-order chi connectivity index (χ0) is 17.4. The van der Waals surface area contributed by atoms with Gasteiger partial charge in [-0.3, -0.25) is 9.59 Å². The summed E-state index contributed by atoms with van der Waals surface area (Å²) in [6, 6.07) is 11.7. The number of ether oxygens (including phenoxy) is 2. The van der Waals surface area contributed by atoms with Crippen molar-refractivity contribution in [3.8, 4) is 11.5 Å². The van der Waals surface area contributed by atoms with Crippen LogP contribution in [0.3, 0.4) is 0 Å². The van der Waals surface area contributed by atoms with Crippen molar-refractivity contribution in [3.63, 3.8) is 0 Å². The van der Waals surface area contributed by atoms with E-state index in [2.05, 4.69) is 5.32 Å². The van der Waals surface area contributed by atoms with Crippen LogP contribution < -0.4 is 19.7 Å². The van der Waals surface area contributed by atoms with Crippen LogP contribution in [0.1, 0.15) is 12.0 Å². The van der Waals surface area contributed by atoms with Gasteiger partial charge in [-0.1, -0.05) is 17.7 Å². The van der Waals surface area contributed by atoms with E-state index < -0.39 is 6.04 Å². The van der Waals surface area contributed by atoms with Crippen LogP contribution in [0.4, 0.5) is 5.69 Å². The van der Waals surface area contributed by atoms with Crippen LogP contribution >= 0.6 is 11.6 Å². The van der Waals surface area contributed by atoms with Gasteiger partial charge in [0.2, 0.25) is 12.7 Å². The third-order valence-corrected chi connectivity index (χ3v) is 4.47. The Bertz CT molecular complexity index is 837. The summed E-state index contributed by atoms with van der Waals surface area (Å²) in [6.45, 7) is 0.673. The molecular formula is C18H15ClN2O4. The molecule has 2 aromatic rings. The summed E-state index contributed by atoms with van der Waals surface area (Å²) in [5.41, 5.74) is 1.49. The topological polar surface area (TPSA) is 67.9 Å². The molecule has 6 nitrogen and oxygen atoms in total. The van der Waals surface area contributed by atoms with Crippen molar-refractivity contribution in [1.82, 2.24) is 5.32 Å². The Kier molecular flexibility index (Phi) is 4.07. The summed E-state index contributed by atoms with van der Waals surface area (Å²) < 4.78 is 10.6. The number of amides is 2. The second-order valence-electron chi connectivity index (χ2n) is 5.87. The Morgan fingerprint density at radius 2 is 1.84 bits per heavy atom. The standard InChI is InChI=1S/C18H15ClN2O4/c19-12-2-4-13(5-3-12)21-17(22)8-14(18(21)23)20-9-11-1-6-15-16(7-11)25-10-24-15/h1-7,14,20H,8-10H2. The van der Waals surface area contributed by atoms with Crippen LogP contribution in [-0.2, 0) is 16.1 Å². The van der Waals surface area contributed by atoms with Gasteiger partial charge in [-0.15, -0.1) is 0 Å². The van der Waals surface area contributed by atoms with Gasteiger partial charge >= 0.3 is 0 Å². The van der Waals surface area contributed by atoms with Gasteiger partial charge in [0, 0.05) is 11.6 Å². The number of anilines is 1. The smallest absolute Gasteiger partial charge is 0.251 e. The molecule has 7 heteroatoms. The number of imide groups is 1. The molecule has 0 aliphatic carbocycles. The van der Waals surface area contributed by atoms with Crippen molar-refractivity contribution in [1.29, 1.82) is 0 Å². The summed E-state index contributed by atoms with van der Waals surface area (Å²) >= 11 is 5.86. The second-order valence-corrected chi connectivity index (χ2v) is 6.31. The molecule has 2 aromatic carbocycles. The third kappa shape index (κ3) is 3.06. The minimum Gasteiger partial charge on any atom is -0.454 e. The van der Waals surface area contributed by atoms with Crippen molar-refractivity contribution < 1.29 is 19.1 Å². The van der Waals surface area contributed by atoms with Gasteiger partial charge in [0.1, 0.15) is 0 Å². The quantitative estimate of drug-likeness (QED) is 0.850. The molecule has 0 spiro atoms. The molecule has 0 bridgehead atoms. The summed E-state index contributed by atoms with van der Waals surface area (Å²) in [7, 11) is 0. The molecule has 4 rings (SSSR count). The number of nitrogens with one attached hydrogen (secondary N) is 1. The van der Waals surface area contributed by atoms with E-state index in [9.17, 15) is 9.59 Å². The Labute approximate surface area is 149 Å². The highest BCUT2D eigenvalue weighted by Crippen LogP contribution is 2.32. The molecule has 2 amide bonds. The number of fused-ring (bicyclic) bond motifs is 1. The molecule has 128 valence electrons. The predicted octanol–water partition coefficient (Wildman–Crippen LogP) is 2.49. The number of carbonyl (C=O) groups is 2. The van der Waals surface area contributed by atoms with Crippen LogP contribution in [0.5, 0.6) is 11.5 Å². The van der Waals surface area contributed by atoms with E-state index in [4.69, 9.17) is 21.1 Å². The molecule has 1 N–H and O–H groups in total. The molecule has 25 heavy (non-hydrogen) atoms. The molecule has 0 saturated carbocycles. The lowest BCUT2D eigenvalue weighted by Gasteiger charge is -2.15. The Morgan fingerprint density at radius 3 is 2.64 bits per heavy atom. The first-order chi connectivity index (χ1) is 12.1. The third-order valence-electron chi connectivity index (χ3n) is 4.22. The molecule has 0 aromatic heterocycles. The van der Waals surface area contributed by atoms with Crippen LogP contribution in [0.2, 0.25) is 5.02 Å². The van der Waals surface area contributed by atoms with E-state index >= 15 is 0 Å². The van der Waals surface area contributed by atoms with Gasteiger partial charge in [0.05, 0.1) is 18.2 Å². The van der Waals surface area contributed by atoms with E-state index in [0.29, 0.717) is 28.8 Å². The van der Waals surface area contributed by atoms with Crippen LogP contribution in [0, 0.1) is 0 Å². The molecule has 2 aliphatic heterocycles. The van der Waals surface area contributed by atoms with Gasteiger partial charge in [-0.25, -0.2) is 4.90 Å². The maximum Gasteiger partial charge on any atom is 0.251 e. The minimum absolute atomic E-state index is 0.131. The highest BCUT2D eigenvalue weighted by Gasteiger charge is 2.39. The molecule has 1 atom stereocenters. The van der Waals surface area contributed by atoms with E-state index in [1.54, 1.807) is 24.3 Å². The van der Waals surface area contributed by atoms with E-state index in [0.717, 1.165) is 5.56 Å². The SMILES string of the molecule is O=C1CC(NCc2ccc3c(c2)OCO3)C(=O)N1c1ccc(Cl)cc1. The molecular weight excluding hydrogens is 344 g/mol. The molecule has 1 unspecified atom stereocenters. The number of hydrogen-bond acceptors (Lipinski definition) is 5. The lowest BCUT2D eigenvalue weighted by Crippen LogP contribution is -2.38. The zero-order valence-corrected chi connectivity index (χ0v) is 14.0. The van der Waals surface area contributed by atoms with Crippen LogP contribution in [0.15, 0.2) is 42.5 Å². The molecule has 2 heterocycles. The van der Waals surface area contributed by atoms with Gasteiger partial charge in [-0.05, 0) is 42.0 Å². The highest BCUT2D eigenvalue weighted by molar-refractivity contribution is 6.30. The molecule has 1 fully saturated rings. The maximum absolute atomic E-state index is 12.6. The number of halogens is 1. The van der Waals surface area contributed by atoms with Gasteiger partial charge < -0.3 is 14.8 Å².